The maximum absolute atomic E-state index is 3.00. The van der Waals surface area contributed by atoms with Crippen LogP contribution in [0.4, 0.5) is 0 Å². The Morgan fingerprint density at radius 2 is 0.800 bits per heavy atom. The third-order valence-corrected chi connectivity index (χ3v) is 0. The SMILES string of the molecule is [CH2]=[Fe+].[CH2]=[Fe+].[O-2]. The summed E-state index contributed by atoms with van der Waals surface area (Å²) in [6.45, 7) is 0. The Morgan fingerprint density at radius 3 is 0.800 bits per heavy atom. The van der Waals surface area contributed by atoms with Crippen molar-refractivity contribution < 1.29 is 36.6 Å². The molecule has 0 saturated carbocycles. The van der Waals surface area contributed by atoms with Crippen LogP contribution in [0, 0.1) is 0 Å². The topological polar surface area (TPSA) is 28.5 Å². The second kappa shape index (κ2) is 121. The molecule has 0 N–H and O–H groups in total. The molecule has 0 aliphatic rings. The second-order valence-corrected chi connectivity index (χ2v) is 0. The predicted molar refractivity (Wildman–Crippen MR) is 14.9 cm³/mol. The summed E-state index contributed by atoms with van der Waals surface area (Å²) in [6.07, 6.45) is 0. The van der Waals surface area contributed by atoms with E-state index in [1.165, 1.54) is 0 Å². The fourth-order valence-electron chi connectivity index (χ4n) is 0. The van der Waals surface area contributed by atoms with Gasteiger partial charge < -0.3 is 5.48 Å². The fourth-order valence-corrected chi connectivity index (χ4v) is 0. The predicted octanol–water partition coefficient (Wildman–Crippen LogP) is -0.188. The quantitative estimate of drug-likeness (QED) is 0.434. The minimum atomic E-state index is 0. The summed E-state index contributed by atoms with van der Waals surface area (Å²) in [5.74, 6) is 0. The van der Waals surface area contributed by atoms with E-state index in [-0.39, 0.29) is 5.48 Å². The first-order chi connectivity index (χ1) is 2.00. The van der Waals surface area contributed by atoms with Gasteiger partial charge in [-0.15, -0.1) is 0 Å². The second-order valence-electron chi connectivity index (χ2n) is 0. The molecule has 0 unspecified atom stereocenters. The van der Waals surface area contributed by atoms with Crippen molar-refractivity contribution in [2.45, 2.75) is 0 Å². The van der Waals surface area contributed by atoms with Crippen LogP contribution in [0.2, 0.25) is 0 Å². The van der Waals surface area contributed by atoms with Crippen molar-refractivity contribution in [2.24, 2.45) is 0 Å². The summed E-state index contributed by atoms with van der Waals surface area (Å²) in [5.41, 5.74) is 6.00. The molecule has 0 aromatic carbocycles. The van der Waals surface area contributed by atoms with Crippen LogP contribution in [0.5, 0.6) is 0 Å². The number of hydrogen-bond acceptors (Lipinski definition) is 0. The Hall–Kier alpha value is 0.739. The van der Waals surface area contributed by atoms with Gasteiger partial charge >= 0.3 is 42.0 Å². The Kier molecular flexibility index (Phi) is 417. The summed E-state index contributed by atoms with van der Waals surface area (Å²) < 4.78 is 0. The third kappa shape index (κ3) is 65.1. The van der Waals surface area contributed by atoms with Crippen LogP contribution in [-0.4, -0.2) is 10.8 Å². The van der Waals surface area contributed by atoms with Gasteiger partial charge in [0, 0.05) is 0 Å². The summed E-state index contributed by atoms with van der Waals surface area (Å²) in [5, 5.41) is 0. The maximum Gasteiger partial charge on any atom is -2.00 e. The van der Waals surface area contributed by atoms with E-state index < -0.39 is 0 Å². The molecule has 0 radical (unpaired) electrons. The smallest absolute Gasteiger partial charge is 2.00 e. The Labute approximate surface area is 47.8 Å². The third-order valence-electron chi connectivity index (χ3n) is 0. The Bertz CT molecular complexity index is 9.61. The molecule has 5 heavy (non-hydrogen) atoms. The van der Waals surface area contributed by atoms with Crippen molar-refractivity contribution in [1.29, 1.82) is 0 Å². The minimum Gasteiger partial charge on any atom is -2.00 e. The summed E-state index contributed by atoms with van der Waals surface area (Å²) in [4.78, 5) is 0. The van der Waals surface area contributed by atoms with Crippen LogP contribution in [0.15, 0.2) is 0 Å². The summed E-state index contributed by atoms with van der Waals surface area (Å²) >= 11 is 6.00. The van der Waals surface area contributed by atoms with Gasteiger partial charge in [0.05, 0.1) is 0 Å². The van der Waals surface area contributed by atoms with Gasteiger partial charge in [-0.05, 0) is 0 Å². The molecule has 3 heteroatoms. The molecule has 34 valence electrons. The van der Waals surface area contributed by atoms with Gasteiger partial charge in [-0.2, -0.15) is 0 Å². The largest absolute Gasteiger partial charge is 2.00 e. The minimum absolute atomic E-state index is 0. The summed E-state index contributed by atoms with van der Waals surface area (Å²) in [6, 6.07) is 0. The van der Waals surface area contributed by atoms with Gasteiger partial charge in [0.2, 0.25) is 0 Å². The molecule has 0 bridgehead atoms. The molecule has 0 aromatic heterocycles. The Balaban J connectivity index is -0.0000000133. The van der Waals surface area contributed by atoms with E-state index in [1.54, 1.807) is 0 Å². The van der Waals surface area contributed by atoms with Crippen LogP contribution in [0.1, 0.15) is 0 Å². The van der Waals surface area contributed by atoms with Crippen molar-refractivity contribution in [2.75, 3.05) is 0 Å². The number of rotatable bonds is 0. The van der Waals surface area contributed by atoms with Gasteiger partial charge in [-0.25, -0.2) is 0 Å². The van der Waals surface area contributed by atoms with Gasteiger partial charge in [0.15, 0.2) is 0 Å². The van der Waals surface area contributed by atoms with Crippen LogP contribution in [0.25, 0.3) is 0 Å². The average molecular weight is 156 g/mol. The van der Waals surface area contributed by atoms with Gasteiger partial charge in [-0.3, -0.25) is 0 Å². The van der Waals surface area contributed by atoms with Gasteiger partial charge in [0.1, 0.15) is 0 Å². The molecule has 0 fully saturated rings. The molecular weight excluding hydrogens is 152 g/mol. The summed E-state index contributed by atoms with van der Waals surface area (Å²) in [7, 11) is 0. The van der Waals surface area contributed by atoms with Crippen LogP contribution >= 0.6 is 0 Å². The molecule has 1 nitrogen and oxygen atoms in total. The van der Waals surface area contributed by atoms with E-state index in [0.29, 0.717) is 0 Å². The van der Waals surface area contributed by atoms with Crippen LogP contribution < -0.4 is 0 Å². The monoisotopic (exact) mass is 156 g/mol. The first kappa shape index (κ1) is 17.2. The van der Waals surface area contributed by atoms with Crippen LogP contribution in [0.3, 0.4) is 0 Å². The number of hydrogen-bond donors (Lipinski definition) is 0. The van der Waals surface area contributed by atoms with E-state index in [9.17, 15) is 0 Å². The Morgan fingerprint density at radius 1 is 0.800 bits per heavy atom. The first-order valence-electron chi connectivity index (χ1n) is 0.500. The van der Waals surface area contributed by atoms with E-state index in [0.717, 1.165) is 0 Å². The molecule has 0 aliphatic carbocycles. The molecule has 0 aliphatic heterocycles. The van der Waals surface area contributed by atoms with Crippen molar-refractivity contribution in [1.82, 2.24) is 0 Å². The normalized spacial score (nSPS) is 1.60. The molecule has 0 heterocycles. The molecule has 0 atom stereocenters. The molecule has 0 rings (SSSR count). The fraction of sp³-hybridized carbons (Fsp3) is 0. The zero-order chi connectivity index (χ0) is 4.00. The molecule has 0 saturated heterocycles. The molecule has 0 aromatic rings. The standard InChI is InChI=1S/2CH2.2Fe.O/h2*1H2;;;/q;;2*+1;-2. The average Bonchev–Trinajstić information content (AvgIpc) is 1.50. The van der Waals surface area contributed by atoms with Crippen molar-refractivity contribution in [3.05, 3.63) is 0 Å². The van der Waals surface area contributed by atoms with E-state index in [1.807, 2.05) is 0 Å². The van der Waals surface area contributed by atoms with Crippen molar-refractivity contribution >= 4 is 10.8 Å². The van der Waals surface area contributed by atoms with E-state index in [4.69, 9.17) is 0 Å². The first-order valence-corrected chi connectivity index (χ1v) is 2.06. The molecular formula is C2H4Fe2O. The van der Waals surface area contributed by atoms with Gasteiger partial charge in [0.25, 0.3) is 0 Å². The zero-order valence-corrected chi connectivity index (χ0v) is 4.74. The maximum atomic E-state index is 3.00. The van der Waals surface area contributed by atoms with Crippen LogP contribution in [-0.2, 0) is 36.6 Å². The van der Waals surface area contributed by atoms with Crippen molar-refractivity contribution in [3.8, 4) is 0 Å². The van der Waals surface area contributed by atoms with E-state index >= 15 is 0 Å². The van der Waals surface area contributed by atoms with Crippen molar-refractivity contribution in [3.63, 3.8) is 0 Å². The van der Waals surface area contributed by atoms with Gasteiger partial charge in [-0.1, -0.05) is 0 Å². The molecule has 0 spiro atoms. The molecule has 0 amide bonds. The van der Waals surface area contributed by atoms with E-state index in [2.05, 4.69) is 42.0 Å². The zero-order valence-electron chi connectivity index (χ0n) is 2.53.